The summed E-state index contributed by atoms with van der Waals surface area (Å²) in [5.74, 6) is 0. The van der Waals surface area contributed by atoms with Crippen molar-refractivity contribution in [2.75, 3.05) is 7.11 Å². The van der Waals surface area contributed by atoms with Gasteiger partial charge in [0.05, 0.1) is 12.1 Å². The predicted molar refractivity (Wildman–Crippen MR) is 73.1 cm³/mol. The van der Waals surface area contributed by atoms with Gasteiger partial charge in [-0.15, -0.1) is 0 Å². The van der Waals surface area contributed by atoms with Crippen LogP contribution >= 0.6 is 0 Å². The van der Waals surface area contributed by atoms with Gasteiger partial charge in [-0.2, -0.15) is 0 Å². The molecule has 0 aliphatic rings. The Balaban J connectivity index is 3.06. The Labute approximate surface area is 105 Å². The van der Waals surface area contributed by atoms with Crippen LogP contribution in [0.1, 0.15) is 43.5 Å². The minimum absolute atomic E-state index is 0.0173. The lowest BCUT2D eigenvalue weighted by molar-refractivity contribution is -0.00245. The van der Waals surface area contributed by atoms with Crippen molar-refractivity contribution < 1.29 is 4.74 Å². The van der Waals surface area contributed by atoms with E-state index in [1.807, 2.05) is 0 Å². The summed E-state index contributed by atoms with van der Waals surface area (Å²) in [5.41, 5.74) is 10.0. The molecule has 0 spiro atoms. The number of methoxy groups -OCH3 is 1. The molecule has 0 radical (unpaired) electrons. The molecule has 0 aliphatic carbocycles. The molecule has 1 aromatic rings. The summed E-state index contributed by atoms with van der Waals surface area (Å²) in [6.45, 7) is 10.7. The van der Waals surface area contributed by atoms with E-state index in [1.165, 1.54) is 11.1 Å². The van der Waals surface area contributed by atoms with E-state index in [-0.39, 0.29) is 17.6 Å². The monoisotopic (exact) mass is 235 g/mol. The van der Waals surface area contributed by atoms with Gasteiger partial charge >= 0.3 is 0 Å². The molecule has 0 bridgehead atoms. The first kappa shape index (κ1) is 14.2. The van der Waals surface area contributed by atoms with E-state index in [0.29, 0.717) is 0 Å². The molecule has 0 aliphatic heterocycles. The summed E-state index contributed by atoms with van der Waals surface area (Å²) in [5, 5.41) is 0. The van der Waals surface area contributed by atoms with E-state index in [2.05, 4.69) is 52.8 Å². The molecule has 96 valence electrons. The normalized spacial score (nSPS) is 15.7. The third-order valence-corrected chi connectivity index (χ3v) is 3.06. The minimum atomic E-state index is -0.0846. The molecule has 0 aromatic heterocycles. The van der Waals surface area contributed by atoms with Crippen molar-refractivity contribution in [1.82, 2.24) is 0 Å². The summed E-state index contributed by atoms with van der Waals surface area (Å²) in [6.07, 6.45) is 0.0173. The smallest absolute Gasteiger partial charge is 0.0811 e. The average Bonchev–Trinajstić information content (AvgIpc) is 2.14. The van der Waals surface area contributed by atoms with Gasteiger partial charge in [-0.05, 0) is 24.8 Å². The molecule has 0 saturated heterocycles. The molecular formula is C15H25NO. The van der Waals surface area contributed by atoms with Crippen LogP contribution in [0.15, 0.2) is 18.2 Å². The van der Waals surface area contributed by atoms with E-state index in [1.54, 1.807) is 7.11 Å². The fraction of sp³-hybridized carbons (Fsp3) is 0.600. The largest absolute Gasteiger partial charge is 0.379 e. The summed E-state index contributed by atoms with van der Waals surface area (Å²) in [4.78, 5) is 0. The third-order valence-electron chi connectivity index (χ3n) is 3.06. The molecule has 0 amide bonds. The second-order valence-corrected chi connectivity index (χ2v) is 5.97. The number of aryl methyl sites for hydroxylation is 2. The van der Waals surface area contributed by atoms with Crippen LogP contribution in [0.25, 0.3) is 0 Å². The molecule has 2 N–H and O–H groups in total. The van der Waals surface area contributed by atoms with Crippen LogP contribution in [-0.4, -0.2) is 13.2 Å². The number of nitrogens with two attached hydrogens (primary N) is 1. The maximum absolute atomic E-state index is 6.35. The molecule has 2 nitrogen and oxygen atoms in total. The number of hydrogen-bond acceptors (Lipinski definition) is 2. The lowest BCUT2D eigenvalue weighted by Crippen LogP contribution is -2.38. The number of hydrogen-bond donors (Lipinski definition) is 1. The number of ether oxygens (including phenoxy) is 1. The molecule has 0 fully saturated rings. The Morgan fingerprint density at radius 3 is 1.88 bits per heavy atom. The first-order valence-electron chi connectivity index (χ1n) is 6.12. The van der Waals surface area contributed by atoms with Gasteiger partial charge in [0.25, 0.3) is 0 Å². The summed E-state index contributed by atoms with van der Waals surface area (Å²) >= 11 is 0. The fourth-order valence-corrected chi connectivity index (χ4v) is 2.42. The van der Waals surface area contributed by atoms with Crippen molar-refractivity contribution in [2.24, 2.45) is 11.1 Å². The summed E-state index contributed by atoms with van der Waals surface area (Å²) in [6, 6.07) is 6.37. The Kier molecular flexibility index (Phi) is 4.34. The van der Waals surface area contributed by atoms with E-state index < -0.39 is 0 Å². The van der Waals surface area contributed by atoms with Gasteiger partial charge in [0.2, 0.25) is 0 Å². The Morgan fingerprint density at radius 2 is 1.53 bits per heavy atom. The van der Waals surface area contributed by atoms with E-state index >= 15 is 0 Å². The van der Waals surface area contributed by atoms with Crippen molar-refractivity contribution >= 4 is 0 Å². The van der Waals surface area contributed by atoms with Gasteiger partial charge in [0.1, 0.15) is 0 Å². The van der Waals surface area contributed by atoms with Crippen molar-refractivity contribution in [3.63, 3.8) is 0 Å². The lowest BCUT2D eigenvalue weighted by atomic mass is 9.82. The van der Waals surface area contributed by atoms with Gasteiger partial charge in [0.15, 0.2) is 0 Å². The molecule has 2 unspecified atom stereocenters. The highest BCUT2D eigenvalue weighted by Crippen LogP contribution is 2.31. The summed E-state index contributed by atoms with van der Waals surface area (Å²) in [7, 11) is 1.73. The van der Waals surface area contributed by atoms with Crippen molar-refractivity contribution in [1.29, 1.82) is 0 Å². The van der Waals surface area contributed by atoms with Gasteiger partial charge in [-0.3, -0.25) is 0 Å². The second-order valence-electron chi connectivity index (χ2n) is 5.97. The van der Waals surface area contributed by atoms with Crippen LogP contribution in [0.3, 0.4) is 0 Å². The van der Waals surface area contributed by atoms with Gasteiger partial charge < -0.3 is 10.5 Å². The fourth-order valence-electron chi connectivity index (χ4n) is 2.42. The van der Waals surface area contributed by atoms with E-state index in [0.717, 1.165) is 5.56 Å². The average molecular weight is 235 g/mol. The SMILES string of the molecule is COC(C(N)c1cc(C)cc(C)c1)C(C)(C)C. The predicted octanol–water partition coefficient (Wildman–Crippen LogP) is 3.36. The van der Waals surface area contributed by atoms with Gasteiger partial charge in [0, 0.05) is 7.11 Å². The zero-order valence-corrected chi connectivity index (χ0v) is 11.9. The third kappa shape index (κ3) is 3.55. The zero-order chi connectivity index (χ0) is 13.2. The molecule has 17 heavy (non-hydrogen) atoms. The van der Waals surface area contributed by atoms with Gasteiger partial charge in [-0.25, -0.2) is 0 Å². The highest BCUT2D eigenvalue weighted by atomic mass is 16.5. The first-order chi connectivity index (χ1) is 7.75. The van der Waals surface area contributed by atoms with Crippen LogP contribution in [-0.2, 0) is 4.74 Å². The molecule has 1 rings (SSSR count). The molecule has 0 heterocycles. The topological polar surface area (TPSA) is 35.2 Å². The van der Waals surface area contributed by atoms with Crippen LogP contribution in [0.2, 0.25) is 0 Å². The van der Waals surface area contributed by atoms with Crippen molar-refractivity contribution in [3.8, 4) is 0 Å². The second kappa shape index (κ2) is 5.19. The van der Waals surface area contributed by atoms with E-state index in [9.17, 15) is 0 Å². The van der Waals surface area contributed by atoms with Crippen LogP contribution in [0.4, 0.5) is 0 Å². The summed E-state index contributed by atoms with van der Waals surface area (Å²) < 4.78 is 5.59. The van der Waals surface area contributed by atoms with Gasteiger partial charge in [-0.1, -0.05) is 50.1 Å². The molecule has 2 heteroatoms. The van der Waals surface area contributed by atoms with Crippen molar-refractivity contribution in [3.05, 3.63) is 34.9 Å². The first-order valence-corrected chi connectivity index (χ1v) is 6.12. The number of benzene rings is 1. The Bertz CT molecular complexity index is 359. The van der Waals surface area contributed by atoms with Crippen LogP contribution in [0, 0.1) is 19.3 Å². The highest BCUT2D eigenvalue weighted by molar-refractivity contribution is 5.31. The quantitative estimate of drug-likeness (QED) is 0.872. The lowest BCUT2D eigenvalue weighted by Gasteiger charge is -2.34. The van der Waals surface area contributed by atoms with Crippen LogP contribution in [0.5, 0.6) is 0 Å². The Morgan fingerprint density at radius 1 is 1.06 bits per heavy atom. The molecular weight excluding hydrogens is 210 g/mol. The van der Waals surface area contributed by atoms with Crippen LogP contribution < -0.4 is 5.73 Å². The minimum Gasteiger partial charge on any atom is -0.379 e. The maximum Gasteiger partial charge on any atom is 0.0811 e. The maximum atomic E-state index is 6.35. The zero-order valence-electron chi connectivity index (χ0n) is 11.9. The number of rotatable bonds is 3. The highest BCUT2D eigenvalue weighted by Gasteiger charge is 2.31. The Hall–Kier alpha value is -0.860. The molecule has 2 atom stereocenters. The molecule has 0 saturated carbocycles. The molecule has 1 aromatic carbocycles. The van der Waals surface area contributed by atoms with E-state index in [4.69, 9.17) is 10.5 Å². The standard InChI is InChI=1S/C15H25NO/c1-10-7-11(2)9-12(8-10)13(16)14(17-6)15(3,4)5/h7-9,13-14H,16H2,1-6H3. The van der Waals surface area contributed by atoms with Crippen molar-refractivity contribution in [2.45, 2.75) is 46.8 Å².